The number of thiophene rings is 1. The second-order valence-corrected chi connectivity index (χ2v) is 12.8. The molecule has 0 saturated carbocycles. The SMILES string of the molecule is c1ccc(-c2ccc3sc4ccc(-c5nc(-c6ccc7c8c(cccc68)-c6ccccc6-7)c6ccccc6n5)cc4c3c2)cc1. The molecule has 2 aromatic heterocycles. The van der Waals surface area contributed by atoms with Crippen LogP contribution in [0.15, 0.2) is 146 Å². The van der Waals surface area contributed by atoms with Crippen molar-refractivity contribution in [2.45, 2.75) is 0 Å². The van der Waals surface area contributed by atoms with Crippen molar-refractivity contribution in [3.05, 3.63) is 146 Å². The third kappa shape index (κ3) is 3.68. The van der Waals surface area contributed by atoms with Crippen LogP contribution in [0.25, 0.3) is 97.9 Å². The topological polar surface area (TPSA) is 25.8 Å². The predicted molar refractivity (Wildman–Crippen MR) is 191 cm³/mol. The molecule has 3 heteroatoms. The third-order valence-electron chi connectivity index (χ3n) is 9.24. The quantitative estimate of drug-likeness (QED) is 0.205. The average molecular weight is 589 g/mol. The lowest BCUT2D eigenvalue weighted by molar-refractivity contribution is 1.23. The minimum atomic E-state index is 0.746. The Hall–Kier alpha value is -5.64. The molecule has 2 nitrogen and oxygen atoms in total. The van der Waals surface area contributed by atoms with Crippen molar-refractivity contribution in [3.63, 3.8) is 0 Å². The molecule has 0 saturated heterocycles. The lowest BCUT2D eigenvalue weighted by Crippen LogP contribution is -1.96. The van der Waals surface area contributed by atoms with Gasteiger partial charge in [0.25, 0.3) is 0 Å². The van der Waals surface area contributed by atoms with Gasteiger partial charge >= 0.3 is 0 Å². The van der Waals surface area contributed by atoms with Crippen molar-refractivity contribution < 1.29 is 0 Å². The molecular formula is C42H24N2S. The summed E-state index contributed by atoms with van der Waals surface area (Å²) in [5, 5.41) is 6.11. The van der Waals surface area contributed by atoms with Gasteiger partial charge in [-0.25, -0.2) is 9.97 Å². The fourth-order valence-corrected chi connectivity index (χ4v) is 8.22. The van der Waals surface area contributed by atoms with Gasteiger partial charge in [-0.05, 0) is 80.6 Å². The first-order valence-corrected chi connectivity index (χ1v) is 16.1. The van der Waals surface area contributed by atoms with Gasteiger partial charge in [0.2, 0.25) is 0 Å². The second-order valence-electron chi connectivity index (χ2n) is 11.7. The largest absolute Gasteiger partial charge is 0.228 e. The Morgan fingerprint density at radius 2 is 1.00 bits per heavy atom. The van der Waals surface area contributed by atoms with E-state index in [4.69, 9.17) is 9.97 Å². The van der Waals surface area contributed by atoms with Crippen molar-refractivity contribution in [3.8, 4) is 56.0 Å². The Morgan fingerprint density at radius 3 is 1.82 bits per heavy atom. The molecule has 1 aliphatic rings. The van der Waals surface area contributed by atoms with Crippen molar-refractivity contribution in [1.29, 1.82) is 0 Å². The molecule has 7 aromatic carbocycles. The fourth-order valence-electron chi connectivity index (χ4n) is 7.15. The smallest absolute Gasteiger partial charge is 0.160 e. The molecule has 0 spiro atoms. The average Bonchev–Trinajstić information content (AvgIpc) is 3.64. The molecule has 0 fully saturated rings. The number of nitrogens with zero attached hydrogens (tertiary/aromatic N) is 2. The van der Waals surface area contributed by atoms with Crippen LogP contribution in [0.5, 0.6) is 0 Å². The molecule has 0 radical (unpaired) electrons. The number of benzene rings is 7. The zero-order chi connectivity index (χ0) is 29.5. The summed E-state index contributed by atoms with van der Waals surface area (Å²) in [6, 6.07) is 52.4. The highest BCUT2D eigenvalue weighted by atomic mass is 32.1. The molecule has 9 aromatic rings. The normalized spacial score (nSPS) is 12.0. The molecule has 0 N–H and O–H groups in total. The third-order valence-corrected chi connectivity index (χ3v) is 10.4. The Balaban J connectivity index is 1.19. The van der Waals surface area contributed by atoms with Gasteiger partial charge in [0.15, 0.2) is 5.82 Å². The maximum absolute atomic E-state index is 5.35. The van der Waals surface area contributed by atoms with E-state index in [1.165, 1.54) is 64.3 Å². The molecule has 1 aliphatic carbocycles. The van der Waals surface area contributed by atoms with Crippen LogP contribution in [0.1, 0.15) is 0 Å². The summed E-state index contributed by atoms with van der Waals surface area (Å²) in [5.41, 5.74) is 11.7. The van der Waals surface area contributed by atoms with E-state index in [-0.39, 0.29) is 0 Å². The van der Waals surface area contributed by atoms with Crippen molar-refractivity contribution in [2.75, 3.05) is 0 Å². The molecule has 45 heavy (non-hydrogen) atoms. The van der Waals surface area contributed by atoms with Crippen LogP contribution in [0, 0.1) is 0 Å². The Kier molecular flexibility index (Phi) is 5.19. The lowest BCUT2D eigenvalue weighted by atomic mass is 9.95. The minimum Gasteiger partial charge on any atom is -0.228 e. The highest BCUT2D eigenvalue weighted by Crippen LogP contribution is 2.49. The standard InChI is InChI=1S/C42H24N2S/c1-2-9-25(10-3-1)26-17-21-38-35(23-26)36-24-27(18-22-39(36)45-38)42-43-37-16-7-6-13-34(37)41(44-42)33-20-19-32-29-12-5-4-11-28(29)30-14-8-15-31(33)40(30)32/h1-24H. The maximum Gasteiger partial charge on any atom is 0.160 e. The Labute approximate surface area is 263 Å². The van der Waals surface area contributed by atoms with Gasteiger partial charge in [0, 0.05) is 36.7 Å². The van der Waals surface area contributed by atoms with E-state index in [9.17, 15) is 0 Å². The number of para-hydroxylation sites is 1. The van der Waals surface area contributed by atoms with Crippen LogP contribution < -0.4 is 0 Å². The summed E-state index contributed by atoms with van der Waals surface area (Å²) in [7, 11) is 0. The Morgan fingerprint density at radius 1 is 0.378 bits per heavy atom. The number of hydrogen-bond donors (Lipinski definition) is 0. The van der Waals surface area contributed by atoms with Crippen molar-refractivity contribution in [2.24, 2.45) is 0 Å². The van der Waals surface area contributed by atoms with Gasteiger partial charge in [0.05, 0.1) is 11.2 Å². The molecule has 2 heterocycles. The minimum absolute atomic E-state index is 0.746. The first kappa shape index (κ1) is 24.8. The zero-order valence-electron chi connectivity index (χ0n) is 24.2. The van der Waals surface area contributed by atoms with E-state index in [0.717, 1.165) is 33.5 Å². The van der Waals surface area contributed by atoms with E-state index in [1.807, 2.05) is 11.3 Å². The zero-order valence-corrected chi connectivity index (χ0v) is 25.0. The molecule has 0 bridgehead atoms. The molecule has 208 valence electrons. The summed E-state index contributed by atoms with van der Waals surface area (Å²) in [6.07, 6.45) is 0. The van der Waals surface area contributed by atoms with Gasteiger partial charge in [-0.1, -0.05) is 109 Å². The molecule has 0 aliphatic heterocycles. The maximum atomic E-state index is 5.35. The van der Waals surface area contributed by atoms with Gasteiger partial charge < -0.3 is 0 Å². The summed E-state index contributed by atoms with van der Waals surface area (Å²) in [5.74, 6) is 0.746. The van der Waals surface area contributed by atoms with E-state index in [0.29, 0.717) is 0 Å². The van der Waals surface area contributed by atoms with Crippen LogP contribution in [-0.2, 0) is 0 Å². The van der Waals surface area contributed by atoms with Crippen LogP contribution in [0.2, 0.25) is 0 Å². The summed E-state index contributed by atoms with van der Waals surface area (Å²) in [4.78, 5) is 10.5. The molecular weight excluding hydrogens is 565 g/mol. The fraction of sp³-hybridized carbons (Fsp3) is 0. The van der Waals surface area contributed by atoms with E-state index >= 15 is 0 Å². The summed E-state index contributed by atoms with van der Waals surface area (Å²) < 4.78 is 2.56. The second kappa shape index (κ2) is 9.43. The van der Waals surface area contributed by atoms with E-state index in [2.05, 4.69) is 146 Å². The van der Waals surface area contributed by atoms with Crippen LogP contribution in [0.3, 0.4) is 0 Å². The number of rotatable bonds is 3. The number of hydrogen-bond acceptors (Lipinski definition) is 3. The predicted octanol–water partition coefficient (Wildman–Crippen LogP) is 11.8. The molecule has 10 rings (SSSR count). The highest BCUT2D eigenvalue weighted by Gasteiger charge is 2.23. The van der Waals surface area contributed by atoms with Gasteiger partial charge in [-0.2, -0.15) is 0 Å². The van der Waals surface area contributed by atoms with Crippen LogP contribution >= 0.6 is 11.3 Å². The molecule has 0 unspecified atom stereocenters. The summed E-state index contributed by atoms with van der Waals surface area (Å²) in [6.45, 7) is 0. The van der Waals surface area contributed by atoms with Gasteiger partial charge in [0.1, 0.15) is 0 Å². The van der Waals surface area contributed by atoms with Crippen LogP contribution in [-0.4, -0.2) is 9.97 Å². The lowest BCUT2D eigenvalue weighted by Gasteiger charge is -2.13. The monoisotopic (exact) mass is 588 g/mol. The molecule has 0 atom stereocenters. The van der Waals surface area contributed by atoms with E-state index < -0.39 is 0 Å². The summed E-state index contributed by atoms with van der Waals surface area (Å²) >= 11 is 1.84. The number of fused-ring (bicyclic) bond motifs is 7. The van der Waals surface area contributed by atoms with Crippen molar-refractivity contribution in [1.82, 2.24) is 9.97 Å². The Bertz CT molecular complexity index is 2620. The first-order valence-electron chi connectivity index (χ1n) is 15.2. The highest BCUT2D eigenvalue weighted by molar-refractivity contribution is 7.25. The van der Waals surface area contributed by atoms with Crippen LogP contribution in [0.4, 0.5) is 0 Å². The van der Waals surface area contributed by atoms with Crippen molar-refractivity contribution >= 4 is 53.2 Å². The first-order chi connectivity index (χ1) is 22.3. The number of aromatic nitrogens is 2. The van der Waals surface area contributed by atoms with E-state index in [1.54, 1.807) is 0 Å². The van der Waals surface area contributed by atoms with Gasteiger partial charge in [-0.3, -0.25) is 0 Å². The molecule has 0 amide bonds. The van der Waals surface area contributed by atoms with Gasteiger partial charge in [-0.15, -0.1) is 11.3 Å².